The van der Waals surface area contributed by atoms with Gasteiger partial charge in [-0.25, -0.2) is 9.97 Å². The van der Waals surface area contributed by atoms with Crippen LogP contribution in [0.3, 0.4) is 0 Å². The summed E-state index contributed by atoms with van der Waals surface area (Å²) in [5, 5.41) is 11.2. The summed E-state index contributed by atoms with van der Waals surface area (Å²) in [5.74, 6) is -0.557. The molecule has 0 saturated carbocycles. The molecule has 104 valence electrons. The third-order valence-electron chi connectivity index (χ3n) is 2.92. The van der Waals surface area contributed by atoms with E-state index < -0.39 is 5.97 Å². The molecule has 19 heavy (non-hydrogen) atoms. The van der Waals surface area contributed by atoms with Gasteiger partial charge >= 0.3 is 0 Å². The lowest BCUT2D eigenvalue weighted by molar-refractivity contribution is -0.880. The molecule has 1 aromatic rings. The molecule has 1 saturated heterocycles. The third-order valence-corrected chi connectivity index (χ3v) is 3.94. The summed E-state index contributed by atoms with van der Waals surface area (Å²) in [6.07, 6.45) is 0. The number of carboxylic acid groups (broad SMARTS) is 1. The van der Waals surface area contributed by atoms with Crippen molar-refractivity contribution in [2.24, 2.45) is 0 Å². The first-order valence-corrected chi connectivity index (χ1v) is 7.34. The van der Waals surface area contributed by atoms with Gasteiger partial charge in [0.25, 0.3) is 0 Å². The van der Waals surface area contributed by atoms with Crippen LogP contribution < -0.4 is 14.9 Å². The highest BCUT2D eigenvalue weighted by Crippen LogP contribution is 2.21. The monoisotopic (exact) mass is 302 g/mol. The Morgan fingerprint density at radius 3 is 2.84 bits per heavy atom. The van der Waals surface area contributed by atoms with Gasteiger partial charge in [0, 0.05) is 11.8 Å². The Morgan fingerprint density at radius 1 is 1.53 bits per heavy atom. The molecule has 8 heteroatoms. The number of carbonyl (C=O) groups excluding carboxylic acids is 1. The number of rotatable bonds is 4. The summed E-state index contributed by atoms with van der Waals surface area (Å²) in [6.45, 7) is 3.90. The van der Waals surface area contributed by atoms with Crippen molar-refractivity contribution in [3.63, 3.8) is 0 Å². The minimum Gasteiger partial charge on any atom is -0.549 e. The number of carboxylic acids is 1. The third kappa shape index (κ3) is 4.22. The van der Waals surface area contributed by atoms with Crippen LogP contribution in [0.25, 0.3) is 0 Å². The molecule has 6 nitrogen and oxygen atoms in total. The first-order chi connectivity index (χ1) is 9.04. The molecule has 2 rings (SSSR count). The number of hydrogen-bond acceptors (Lipinski definition) is 6. The van der Waals surface area contributed by atoms with Gasteiger partial charge in [0.15, 0.2) is 5.16 Å². The number of piperazine rings is 1. The first-order valence-electron chi connectivity index (χ1n) is 5.98. The lowest BCUT2D eigenvalue weighted by Gasteiger charge is -2.30. The quantitative estimate of drug-likeness (QED) is 0.406. The van der Waals surface area contributed by atoms with Gasteiger partial charge in [0.1, 0.15) is 11.0 Å². The molecule has 1 aliphatic rings. The number of carbonyl (C=O) groups is 1. The fraction of sp³-hybridized carbons (Fsp3) is 0.545. The smallest absolute Gasteiger partial charge is 0.191 e. The summed E-state index contributed by atoms with van der Waals surface area (Å²) in [7, 11) is 2.16. The molecule has 1 fully saturated rings. The van der Waals surface area contributed by atoms with Crippen LogP contribution in [0.4, 0.5) is 5.82 Å². The van der Waals surface area contributed by atoms with Crippen molar-refractivity contribution in [2.45, 2.75) is 5.16 Å². The number of anilines is 1. The van der Waals surface area contributed by atoms with Gasteiger partial charge in [-0.1, -0.05) is 23.4 Å². The standard InChI is InChI=1S/C11H15ClN4O2S/c1-15-2-4-16(5-3-15)9-6-8(12)13-11(14-9)19-7-10(17)18/h6H,2-5,7H2,1H3,(H,17,18). The van der Waals surface area contributed by atoms with Crippen molar-refractivity contribution < 1.29 is 14.8 Å². The van der Waals surface area contributed by atoms with Crippen LogP contribution in [0.15, 0.2) is 11.2 Å². The highest BCUT2D eigenvalue weighted by molar-refractivity contribution is 7.99. The van der Waals surface area contributed by atoms with Gasteiger partial charge in [-0.05, 0) is 0 Å². The summed E-state index contributed by atoms with van der Waals surface area (Å²) in [5.41, 5.74) is 0. The molecule has 0 atom stereocenters. The van der Waals surface area contributed by atoms with E-state index in [-0.39, 0.29) is 5.75 Å². The van der Waals surface area contributed by atoms with Gasteiger partial charge in [-0.2, -0.15) is 0 Å². The maximum atomic E-state index is 10.4. The Hall–Kier alpha value is -1.05. The van der Waals surface area contributed by atoms with E-state index in [1.807, 2.05) is 0 Å². The van der Waals surface area contributed by atoms with E-state index in [0.29, 0.717) is 10.3 Å². The fourth-order valence-corrected chi connectivity index (χ4v) is 2.65. The van der Waals surface area contributed by atoms with E-state index in [1.165, 1.54) is 4.90 Å². The average molecular weight is 303 g/mol. The Balaban J connectivity index is 2.09. The largest absolute Gasteiger partial charge is 0.549 e. The van der Waals surface area contributed by atoms with Gasteiger partial charge < -0.3 is 19.7 Å². The Kier molecular flexibility index (Phi) is 4.84. The number of aliphatic carboxylic acids is 1. The lowest BCUT2D eigenvalue weighted by atomic mass is 10.3. The second-order valence-corrected chi connectivity index (χ2v) is 5.77. The number of nitrogens with zero attached hydrogens (tertiary/aromatic N) is 3. The molecule has 0 amide bonds. The minimum atomic E-state index is -1.14. The average Bonchev–Trinajstić information content (AvgIpc) is 2.36. The number of likely N-dealkylation sites (N-methyl/N-ethyl adjacent to an activating group) is 1. The SMILES string of the molecule is C[NH+]1CCN(c2cc(Cl)nc(SCC(=O)[O-])n2)CC1. The Labute approximate surface area is 120 Å². The van der Waals surface area contributed by atoms with E-state index in [9.17, 15) is 9.90 Å². The molecule has 0 bridgehead atoms. The topological polar surface area (TPSA) is 73.6 Å². The summed E-state index contributed by atoms with van der Waals surface area (Å²) in [6, 6.07) is 1.71. The second kappa shape index (κ2) is 6.40. The highest BCUT2D eigenvalue weighted by Gasteiger charge is 2.19. The van der Waals surface area contributed by atoms with Gasteiger partial charge in [-0.3, -0.25) is 0 Å². The summed E-state index contributed by atoms with van der Waals surface area (Å²) in [4.78, 5) is 22.4. The van der Waals surface area contributed by atoms with Crippen LogP contribution in [-0.2, 0) is 4.79 Å². The summed E-state index contributed by atoms with van der Waals surface area (Å²) < 4.78 is 0. The summed E-state index contributed by atoms with van der Waals surface area (Å²) >= 11 is 6.97. The molecular weight excluding hydrogens is 288 g/mol. The Bertz CT molecular complexity index is 466. The van der Waals surface area contributed by atoms with Crippen molar-refractivity contribution in [2.75, 3.05) is 43.9 Å². The number of halogens is 1. The van der Waals surface area contributed by atoms with Crippen molar-refractivity contribution >= 4 is 35.1 Å². The van der Waals surface area contributed by atoms with E-state index in [0.717, 1.165) is 43.8 Å². The van der Waals surface area contributed by atoms with Crippen molar-refractivity contribution in [1.82, 2.24) is 9.97 Å². The zero-order chi connectivity index (χ0) is 13.8. The Morgan fingerprint density at radius 2 is 2.21 bits per heavy atom. The van der Waals surface area contributed by atoms with Crippen molar-refractivity contribution in [3.8, 4) is 0 Å². The number of aromatic nitrogens is 2. The molecule has 0 unspecified atom stereocenters. The van der Waals surface area contributed by atoms with Crippen LogP contribution in [0, 0.1) is 0 Å². The molecule has 1 aliphatic heterocycles. The number of hydrogen-bond donors (Lipinski definition) is 1. The number of thioether (sulfide) groups is 1. The fourth-order valence-electron chi connectivity index (χ4n) is 1.85. The molecular formula is C11H15ClN4O2S. The van der Waals surface area contributed by atoms with Gasteiger partial charge in [0.2, 0.25) is 0 Å². The van der Waals surface area contributed by atoms with Crippen molar-refractivity contribution in [3.05, 3.63) is 11.2 Å². The molecule has 1 aromatic heterocycles. The highest BCUT2D eigenvalue weighted by atomic mass is 35.5. The zero-order valence-electron chi connectivity index (χ0n) is 10.6. The molecule has 2 heterocycles. The van der Waals surface area contributed by atoms with Crippen LogP contribution in [0.5, 0.6) is 0 Å². The normalized spacial score (nSPS) is 16.6. The van der Waals surface area contributed by atoms with E-state index in [4.69, 9.17) is 11.6 Å². The number of quaternary nitrogens is 1. The lowest BCUT2D eigenvalue weighted by Crippen LogP contribution is -3.12. The molecule has 0 radical (unpaired) electrons. The van der Waals surface area contributed by atoms with Crippen LogP contribution in [0.1, 0.15) is 0 Å². The molecule has 0 aromatic carbocycles. The van der Waals surface area contributed by atoms with Crippen LogP contribution >= 0.6 is 23.4 Å². The predicted molar refractivity (Wildman–Crippen MR) is 71.6 cm³/mol. The van der Waals surface area contributed by atoms with Crippen LogP contribution in [0.2, 0.25) is 5.15 Å². The maximum Gasteiger partial charge on any atom is 0.191 e. The first kappa shape index (κ1) is 14.4. The molecule has 0 aliphatic carbocycles. The van der Waals surface area contributed by atoms with Gasteiger partial charge in [-0.15, -0.1) is 0 Å². The zero-order valence-corrected chi connectivity index (χ0v) is 12.1. The number of nitrogens with one attached hydrogen (secondary N) is 1. The predicted octanol–water partition coefficient (Wildman–Crippen LogP) is -1.69. The molecule has 1 N–H and O–H groups in total. The van der Waals surface area contributed by atoms with Crippen LogP contribution in [-0.4, -0.2) is 54.9 Å². The second-order valence-electron chi connectivity index (χ2n) is 4.44. The minimum absolute atomic E-state index is 0.174. The van der Waals surface area contributed by atoms with E-state index in [1.54, 1.807) is 6.07 Å². The van der Waals surface area contributed by atoms with Crippen molar-refractivity contribution in [1.29, 1.82) is 0 Å². The van der Waals surface area contributed by atoms with Gasteiger partial charge in [0.05, 0.1) is 39.2 Å². The van der Waals surface area contributed by atoms with E-state index >= 15 is 0 Å². The maximum absolute atomic E-state index is 10.4. The molecule has 0 spiro atoms. The van der Waals surface area contributed by atoms with E-state index in [2.05, 4.69) is 21.9 Å².